The molecule has 2 amide bonds. The second-order valence-corrected chi connectivity index (χ2v) is 7.60. The molecule has 0 bridgehead atoms. The number of rotatable bonds is 6. The van der Waals surface area contributed by atoms with Crippen LogP contribution in [0.5, 0.6) is 0 Å². The van der Waals surface area contributed by atoms with E-state index in [9.17, 15) is 14.0 Å². The lowest BCUT2D eigenvalue weighted by Crippen LogP contribution is -2.49. The van der Waals surface area contributed by atoms with Gasteiger partial charge in [-0.25, -0.2) is 14.4 Å². The Morgan fingerprint density at radius 3 is 2.53 bits per heavy atom. The maximum Gasteiger partial charge on any atom is 0.274 e. The summed E-state index contributed by atoms with van der Waals surface area (Å²) in [6.07, 6.45) is 6.00. The van der Waals surface area contributed by atoms with Gasteiger partial charge in [0.2, 0.25) is 5.91 Å². The first kappa shape index (κ1) is 21.5. The molecular weight excluding hydrogens is 411 g/mol. The number of halogens is 1. The average Bonchev–Trinajstić information content (AvgIpc) is 3.30. The monoisotopic (exact) mass is 436 g/mol. The minimum absolute atomic E-state index is 0.0485. The molecule has 9 heteroatoms. The van der Waals surface area contributed by atoms with Crippen LogP contribution in [0.1, 0.15) is 30.3 Å². The Hall–Kier alpha value is -3.75. The SMILES string of the molecule is CCCC(=O)Nc1ccc(-n2cnc(C(=O)N3CCN(c4ccccc4F)CC3)c2)nc1. The summed E-state index contributed by atoms with van der Waals surface area (Å²) in [4.78, 5) is 36.8. The fraction of sp³-hybridized carbons (Fsp3) is 0.304. The summed E-state index contributed by atoms with van der Waals surface area (Å²) < 4.78 is 15.7. The van der Waals surface area contributed by atoms with Gasteiger partial charge in [0.25, 0.3) is 5.91 Å². The third-order valence-electron chi connectivity index (χ3n) is 5.33. The zero-order valence-corrected chi connectivity index (χ0v) is 17.9. The van der Waals surface area contributed by atoms with Gasteiger partial charge in [0.1, 0.15) is 23.7 Å². The Morgan fingerprint density at radius 2 is 1.84 bits per heavy atom. The van der Waals surface area contributed by atoms with Crippen molar-refractivity contribution in [3.8, 4) is 5.82 Å². The van der Waals surface area contributed by atoms with Crippen LogP contribution >= 0.6 is 0 Å². The van der Waals surface area contributed by atoms with Crippen molar-refractivity contribution in [3.63, 3.8) is 0 Å². The highest BCUT2D eigenvalue weighted by molar-refractivity contribution is 5.92. The summed E-state index contributed by atoms with van der Waals surface area (Å²) >= 11 is 0. The first-order valence-electron chi connectivity index (χ1n) is 10.6. The molecule has 0 unspecified atom stereocenters. The molecule has 166 valence electrons. The van der Waals surface area contributed by atoms with Gasteiger partial charge in [0, 0.05) is 38.8 Å². The number of nitrogens with one attached hydrogen (secondary N) is 1. The van der Waals surface area contributed by atoms with Crippen LogP contribution in [0.4, 0.5) is 15.8 Å². The van der Waals surface area contributed by atoms with E-state index in [-0.39, 0.29) is 17.6 Å². The molecule has 1 aromatic carbocycles. The summed E-state index contributed by atoms with van der Waals surface area (Å²) in [5.74, 6) is 0.122. The highest BCUT2D eigenvalue weighted by Crippen LogP contribution is 2.21. The van der Waals surface area contributed by atoms with Gasteiger partial charge in [-0.2, -0.15) is 0 Å². The second kappa shape index (κ2) is 9.59. The van der Waals surface area contributed by atoms with Gasteiger partial charge in [-0.15, -0.1) is 0 Å². The quantitative estimate of drug-likeness (QED) is 0.642. The van der Waals surface area contributed by atoms with E-state index in [0.29, 0.717) is 55.5 Å². The van der Waals surface area contributed by atoms with Crippen LogP contribution in [-0.2, 0) is 4.79 Å². The molecule has 0 atom stereocenters. The molecule has 1 saturated heterocycles. The van der Waals surface area contributed by atoms with Crippen molar-refractivity contribution in [2.24, 2.45) is 0 Å². The molecule has 32 heavy (non-hydrogen) atoms. The Morgan fingerprint density at radius 1 is 1.06 bits per heavy atom. The minimum atomic E-state index is -0.255. The molecule has 1 N–H and O–H groups in total. The summed E-state index contributed by atoms with van der Waals surface area (Å²) in [7, 11) is 0. The van der Waals surface area contributed by atoms with Crippen molar-refractivity contribution >= 4 is 23.2 Å². The number of hydrogen-bond acceptors (Lipinski definition) is 5. The number of benzene rings is 1. The Kier molecular flexibility index (Phi) is 6.44. The van der Waals surface area contributed by atoms with E-state index in [0.717, 1.165) is 6.42 Å². The average molecular weight is 436 g/mol. The molecule has 0 aliphatic carbocycles. The number of carbonyl (C=O) groups excluding carboxylic acids is 2. The summed E-state index contributed by atoms with van der Waals surface area (Å²) in [6.45, 7) is 4.04. The van der Waals surface area contributed by atoms with Gasteiger partial charge >= 0.3 is 0 Å². The number of anilines is 2. The maximum absolute atomic E-state index is 14.0. The normalized spacial score (nSPS) is 13.8. The molecule has 0 saturated carbocycles. The number of hydrogen-bond donors (Lipinski definition) is 1. The van der Waals surface area contributed by atoms with Crippen LogP contribution in [0.15, 0.2) is 55.1 Å². The van der Waals surface area contributed by atoms with Crippen molar-refractivity contribution < 1.29 is 14.0 Å². The Bertz CT molecular complexity index is 1090. The lowest BCUT2D eigenvalue weighted by atomic mass is 10.2. The van der Waals surface area contributed by atoms with Crippen LogP contribution in [-0.4, -0.2) is 57.4 Å². The zero-order chi connectivity index (χ0) is 22.5. The van der Waals surface area contributed by atoms with Crippen molar-refractivity contribution in [1.29, 1.82) is 0 Å². The van der Waals surface area contributed by atoms with E-state index < -0.39 is 0 Å². The van der Waals surface area contributed by atoms with Gasteiger partial charge < -0.3 is 15.1 Å². The molecule has 1 fully saturated rings. The van der Waals surface area contributed by atoms with Crippen molar-refractivity contribution in [2.75, 3.05) is 36.4 Å². The number of pyridine rings is 1. The van der Waals surface area contributed by atoms with Crippen molar-refractivity contribution in [2.45, 2.75) is 19.8 Å². The van der Waals surface area contributed by atoms with Gasteiger partial charge in [0.05, 0.1) is 17.6 Å². The Balaban J connectivity index is 1.37. The number of carbonyl (C=O) groups is 2. The minimum Gasteiger partial charge on any atom is -0.366 e. The lowest BCUT2D eigenvalue weighted by molar-refractivity contribution is -0.116. The molecule has 3 heterocycles. The van der Waals surface area contributed by atoms with E-state index >= 15 is 0 Å². The maximum atomic E-state index is 14.0. The fourth-order valence-corrected chi connectivity index (χ4v) is 3.64. The molecule has 0 radical (unpaired) electrons. The van der Waals surface area contributed by atoms with Gasteiger partial charge in [-0.05, 0) is 30.7 Å². The molecule has 3 aromatic rings. The largest absolute Gasteiger partial charge is 0.366 e. The third-order valence-corrected chi connectivity index (χ3v) is 5.33. The van der Waals surface area contributed by atoms with E-state index in [2.05, 4.69) is 15.3 Å². The van der Waals surface area contributed by atoms with E-state index in [4.69, 9.17) is 0 Å². The first-order valence-corrected chi connectivity index (χ1v) is 10.6. The number of imidazole rings is 1. The number of aromatic nitrogens is 3. The highest BCUT2D eigenvalue weighted by atomic mass is 19.1. The number of para-hydroxylation sites is 1. The van der Waals surface area contributed by atoms with Gasteiger partial charge in [0.15, 0.2) is 0 Å². The summed E-state index contributed by atoms with van der Waals surface area (Å²) in [6, 6.07) is 10.2. The van der Waals surface area contributed by atoms with Gasteiger partial charge in [-0.3, -0.25) is 14.2 Å². The molecule has 8 nitrogen and oxygen atoms in total. The van der Waals surface area contributed by atoms with E-state index in [1.165, 1.54) is 6.07 Å². The molecular formula is C23H25FN6O2. The molecule has 0 spiro atoms. The second-order valence-electron chi connectivity index (χ2n) is 7.60. The zero-order valence-electron chi connectivity index (χ0n) is 17.9. The van der Waals surface area contributed by atoms with Crippen LogP contribution in [0.25, 0.3) is 5.82 Å². The predicted octanol–water partition coefficient (Wildman–Crippen LogP) is 3.11. The van der Waals surface area contributed by atoms with Crippen LogP contribution in [0, 0.1) is 5.82 Å². The standard InChI is InChI=1S/C23H25FN6O2/c1-2-5-22(31)27-17-8-9-21(25-14-17)30-15-19(26-16-30)23(32)29-12-10-28(11-13-29)20-7-4-3-6-18(20)24/h3-4,6-9,14-16H,2,5,10-13H2,1H3,(H,27,31). The van der Waals surface area contributed by atoms with Gasteiger partial charge in [-0.1, -0.05) is 19.1 Å². The molecule has 1 aliphatic rings. The van der Waals surface area contributed by atoms with Crippen molar-refractivity contribution in [3.05, 3.63) is 66.6 Å². The smallest absolute Gasteiger partial charge is 0.274 e. The fourth-order valence-electron chi connectivity index (χ4n) is 3.64. The van der Waals surface area contributed by atoms with E-state index in [1.807, 2.05) is 17.9 Å². The number of piperazine rings is 1. The van der Waals surface area contributed by atoms with Crippen LogP contribution in [0.2, 0.25) is 0 Å². The number of amides is 2. The molecule has 1 aliphatic heterocycles. The van der Waals surface area contributed by atoms with Crippen molar-refractivity contribution in [1.82, 2.24) is 19.4 Å². The lowest BCUT2D eigenvalue weighted by Gasteiger charge is -2.35. The van der Waals surface area contributed by atoms with E-state index in [1.54, 1.807) is 52.5 Å². The first-order chi connectivity index (χ1) is 15.5. The summed E-state index contributed by atoms with van der Waals surface area (Å²) in [5, 5.41) is 2.79. The topological polar surface area (TPSA) is 83.4 Å². The molecule has 4 rings (SSSR count). The third kappa shape index (κ3) is 4.77. The molecule has 2 aromatic heterocycles. The van der Waals surface area contributed by atoms with Crippen LogP contribution in [0.3, 0.4) is 0 Å². The Labute approximate surface area is 185 Å². The van der Waals surface area contributed by atoms with Crippen LogP contribution < -0.4 is 10.2 Å². The predicted molar refractivity (Wildman–Crippen MR) is 119 cm³/mol. The number of nitrogens with zero attached hydrogens (tertiary/aromatic N) is 5. The summed E-state index contributed by atoms with van der Waals surface area (Å²) in [5.41, 5.74) is 1.51. The highest BCUT2D eigenvalue weighted by Gasteiger charge is 2.25.